The smallest absolute Gasteiger partial charge is 0.273 e. The molecular weight excluding hydrogens is 320 g/mol. The highest BCUT2D eigenvalue weighted by Crippen LogP contribution is 2.38. The molecule has 0 radical (unpaired) electrons. The maximum atomic E-state index is 12.6. The van der Waals surface area contributed by atoms with Gasteiger partial charge in [-0.15, -0.1) is 11.3 Å². The number of carbonyl (C=O) groups is 1. The van der Waals surface area contributed by atoms with Gasteiger partial charge < -0.3 is 4.90 Å². The Hall–Kier alpha value is -1.79. The molecule has 0 N–H and O–H groups in total. The Morgan fingerprint density at radius 2 is 2.25 bits per heavy atom. The van der Waals surface area contributed by atoms with E-state index in [1.165, 1.54) is 24.2 Å². The molecule has 1 spiro atoms. The Morgan fingerprint density at radius 3 is 3.04 bits per heavy atom. The molecule has 0 aromatic carbocycles. The molecule has 2 saturated heterocycles. The van der Waals surface area contributed by atoms with Crippen LogP contribution in [0.3, 0.4) is 0 Å². The Bertz CT molecular complexity index is 732. The van der Waals surface area contributed by atoms with Gasteiger partial charge in [-0.1, -0.05) is 6.07 Å². The highest BCUT2D eigenvalue weighted by atomic mass is 32.1. The summed E-state index contributed by atoms with van der Waals surface area (Å²) in [5.74, 6) is 0.0775. The summed E-state index contributed by atoms with van der Waals surface area (Å²) < 4.78 is 0. The summed E-state index contributed by atoms with van der Waals surface area (Å²) >= 11 is 1.48. The van der Waals surface area contributed by atoms with E-state index in [1.807, 2.05) is 23.3 Å². The van der Waals surface area contributed by atoms with Gasteiger partial charge in [-0.25, -0.2) is 4.98 Å². The van der Waals surface area contributed by atoms with Crippen LogP contribution in [0.4, 0.5) is 0 Å². The fourth-order valence-electron chi connectivity index (χ4n) is 4.10. The van der Waals surface area contributed by atoms with Crippen molar-refractivity contribution in [2.75, 3.05) is 19.6 Å². The van der Waals surface area contributed by atoms with Crippen molar-refractivity contribution in [1.82, 2.24) is 19.8 Å². The second-order valence-electron chi connectivity index (χ2n) is 6.87. The van der Waals surface area contributed by atoms with E-state index in [2.05, 4.69) is 27.0 Å². The van der Waals surface area contributed by atoms with Crippen LogP contribution < -0.4 is 0 Å². The zero-order valence-corrected chi connectivity index (χ0v) is 14.8. The first kappa shape index (κ1) is 15.7. The van der Waals surface area contributed by atoms with E-state index >= 15 is 0 Å². The Labute approximate surface area is 146 Å². The van der Waals surface area contributed by atoms with Crippen LogP contribution in [0.25, 0.3) is 0 Å². The van der Waals surface area contributed by atoms with Crippen LogP contribution in [0.1, 0.15) is 41.1 Å². The number of aryl methyl sites for hydroxylation is 1. The van der Waals surface area contributed by atoms with E-state index in [4.69, 9.17) is 0 Å². The van der Waals surface area contributed by atoms with Gasteiger partial charge in [0, 0.05) is 36.2 Å². The molecule has 4 heterocycles. The van der Waals surface area contributed by atoms with Gasteiger partial charge in [0.1, 0.15) is 5.69 Å². The molecule has 24 heavy (non-hydrogen) atoms. The number of amides is 1. The largest absolute Gasteiger partial charge is 0.335 e. The molecule has 0 saturated carbocycles. The lowest BCUT2D eigenvalue weighted by molar-refractivity contribution is 0.0736. The lowest BCUT2D eigenvalue weighted by Crippen LogP contribution is -2.46. The minimum atomic E-state index is 0.0775. The Morgan fingerprint density at radius 1 is 1.33 bits per heavy atom. The van der Waals surface area contributed by atoms with Crippen molar-refractivity contribution in [3.8, 4) is 0 Å². The molecule has 2 fully saturated rings. The van der Waals surface area contributed by atoms with Gasteiger partial charge >= 0.3 is 0 Å². The average molecular weight is 342 g/mol. The number of rotatable bonds is 3. The number of hydrogen-bond donors (Lipinski definition) is 0. The molecule has 4 rings (SSSR count). The predicted molar refractivity (Wildman–Crippen MR) is 94.0 cm³/mol. The summed E-state index contributed by atoms with van der Waals surface area (Å²) in [4.78, 5) is 26.0. The van der Waals surface area contributed by atoms with Gasteiger partial charge in [0.15, 0.2) is 0 Å². The van der Waals surface area contributed by atoms with Gasteiger partial charge in [0.25, 0.3) is 5.91 Å². The maximum Gasteiger partial charge on any atom is 0.273 e. The molecule has 1 amide bonds. The number of pyridine rings is 1. The van der Waals surface area contributed by atoms with E-state index in [-0.39, 0.29) is 11.4 Å². The van der Waals surface area contributed by atoms with Gasteiger partial charge in [-0.05, 0) is 44.9 Å². The summed E-state index contributed by atoms with van der Waals surface area (Å²) in [7, 11) is 0. The van der Waals surface area contributed by atoms with Crippen molar-refractivity contribution in [2.45, 2.75) is 38.3 Å². The van der Waals surface area contributed by atoms with Crippen LogP contribution in [0.15, 0.2) is 29.1 Å². The Kier molecular flexibility index (Phi) is 4.10. The van der Waals surface area contributed by atoms with E-state index in [1.54, 1.807) is 5.51 Å². The first-order valence-electron chi connectivity index (χ1n) is 8.51. The second-order valence-corrected chi connectivity index (χ2v) is 7.59. The third kappa shape index (κ3) is 2.84. The Balaban J connectivity index is 1.49. The minimum Gasteiger partial charge on any atom is -0.335 e. The zero-order chi connectivity index (χ0) is 16.6. The number of carbonyl (C=O) groups excluding carboxylic acids is 1. The molecule has 5 nitrogen and oxygen atoms in total. The highest BCUT2D eigenvalue weighted by Gasteiger charge is 2.47. The molecule has 126 valence electrons. The van der Waals surface area contributed by atoms with Crippen LogP contribution in [-0.4, -0.2) is 50.8 Å². The predicted octanol–water partition coefficient (Wildman–Crippen LogP) is 2.73. The zero-order valence-electron chi connectivity index (χ0n) is 13.9. The van der Waals surface area contributed by atoms with Crippen LogP contribution in [-0.2, 0) is 6.54 Å². The normalized spacial score (nSPS) is 24.1. The molecule has 2 aliphatic rings. The standard InChI is InChI=1S/C18H22N4OS/c1-14-4-2-5-15(20-14)10-22-8-3-6-18(22)7-9-21(12-18)17(23)16-11-24-13-19-16/h2,4-5,11,13H,3,6-10,12H2,1H3. The van der Waals surface area contributed by atoms with Gasteiger partial charge in [0.05, 0.1) is 11.2 Å². The number of thiazole rings is 1. The average Bonchev–Trinajstić information content (AvgIpc) is 3.31. The third-order valence-corrected chi connectivity index (χ3v) is 5.90. The molecule has 0 bridgehead atoms. The lowest BCUT2D eigenvalue weighted by atomic mass is 9.95. The number of aromatic nitrogens is 2. The van der Waals surface area contributed by atoms with Crippen molar-refractivity contribution in [3.63, 3.8) is 0 Å². The van der Waals surface area contributed by atoms with Gasteiger partial charge in [-0.3, -0.25) is 14.7 Å². The fraction of sp³-hybridized carbons (Fsp3) is 0.500. The summed E-state index contributed by atoms with van der Waals surface area (Å²) in [6.45, 7) is 5.64. The van der Waals surface area contributed by atoms with E-state index < -0.39 is 0 Å². The third-order valence-electron chi connectivity index (χ3n) is 5.31. The molecular formula is C18H22N4OS. The molecule has 6 heteroatoms. The van der Waals surface area contributed by atoms with Gasteiger partial charge in [0.2, 0.25) is 0 Å². The molecule has 2 aliphatic heterocycles. The summed E-state index contributed by atoms with van der Waals surface area (Å²) in [5, 5.41) is 1.84. The van der Waals surface area contributed by atoms with Crippen molar-refractivity contribution in [3.05, 3.63) is 46.2 Å². The van der Waals surface area contributed by atoms with E-state index in [0.29, 0.717) is 5.69 Å². The SMILES string of the molecule is Cc1cccc(CN2CCCC23CCN(C(=O)c2cscn2)C3)n1. The lowest BCUT2D eigenvalue weighted by Gasteiger charge is -2.34. The quantitative estimate of drug-likeness (QED) is 0.861. The minimum absolute atomic E-state index is 0.0775. The fourth-order valence-corrected chi connectivity index (χ4v) is 4.62. The summed E-state index contributed by atoms with van der Waals surface area (Å²) in [6.07, 6.45) is 3.42. The number of likely N-dealkylation sites (tertiary alicyclic amines) is 2. The first-order valence-corrected chi connectivity index (χ1v) is 9.46. The maximum absolute atomic E-state index is 12.6. The van der Waals surface area contributed by atoms with E-state index in [0.717, 1.165) is 44.0 Å². The molecule has 2 aromatic rings. The van der Waals surface area contributed by atoms with Gasteiger partial charge in [-0.2, -0.15) is 0 Å². The topological polar surface area (TPSA) is 49.3 Å². The van der Waals surface area contributed by atoms with E-state index in [9.17, 15) is 4.79 Å². The molecule has 2 aromatic heterocycles. The van der Waals surface area contributed by atoms with Crippen LogP contribution in [0, 0.1) is 6.92 Å². The summed E-state index contributed by atoms with van der Waals surface area (Å²) in [6, 6.07) is 6.21. The first-order chi connectivity index (χ1) is 11.7. The van der Waals surface area contributed by atoms with Crippen LogP contribution >= 0.6 is 11.3 Å². The van der Waals surface area contributed by atoms with Crippen molar-refractivity contribution in [2.24, 2.45) is 0 Å². The van der Waals surface area contributed by atoms with Crippen molar-refractivity contribution in [1.29, 1.82) is 0 Å². The number of hydrogen-bond acceptors (Lipinski definition) is 5. The number of nitrogens with zero attached hydrogens (tertiary/aromatic N) is 4. The van der Waals surface area contributed by atoms with Crippen LogP contribution in [0.2, 0.25) is 0 Å². The summed E-state index contributed by atoms with van der Waals surface area (Å²) in [5.41, 5.74) is 4.62. The highest BCUT2D eigenvalue weighted by molar-refractivity contribution is 7.07. The van der Waals surface area contributed by atoms with Crippen molar-refractivity contribution >= 4 is 17.2 Å². The van der Waals surface area contributed by atoms with Crippen LogP contribution in [0.5, 0.6) is 0 Å². The van der Waals surface area contributed by atoms with Crippen molar-refractivity contribution < 1.29 is 4.79 Å². The molecule has 1 atom stereocenters. The molecule has 1 unspecified atom stereocenters. The molecule has 0 aliphatic carbocycles. The monoisotopic (exact) mass is 342 g/mol. The second kappa shape index (κ2) is 6.26.